The van der Waals surface area contributed by atoms with Gasteiger partial charge in [0.2, 0.25) is 0 Å². The van der Waals surface area contributed by atoms with Crippen molar-refractivity contribution >= 4 is 10.9 Å². The molecule has 2 heterocycles. The summed E-state index contributed by atoms with van der Waals surface area (Å²) in [7, 11) is 0. The fraction of sp³-hybridized carbons (Fsp3) is 0. The van der Waals surface area contributed by atoms with Gasteiger partial charge in [-0.25, -0.2) is 0 Å². The van der Waals surface area contributed by atoms with Gasteiger partial charge in [0.05, 0.1) is 5.52 Å². The van der Waals surface area contributed by atoms with Crippen LogP contribution in [-0.2, 0) is 0 Å². The van der Waals surface area contributed by atoms with Crippen LogP contribution in [0.1, 0.15) is 0 Å². The molecule has 0 fully saturated rings. The zero-order valence-electron chi connectivity index (χ0n) is 4.76. The second-order valence-corrected chi connectivity index (χ2v) is 1.87. The molecule has 0 saturated heterocycles. The lowest BCUT2D eigenvalue weighted by Gasteiger charge is -1.80. The topological polar surface area (TPSA) is 28.7 Å². The number of hydrogen-bond acceptors (Lipinski definition) is 1. The Balaban J connectivity index is 2.95. The summed E-state index contributed by atoms with van der Waals surface area (Å²) in [4.78, 5) is 7.01. The van der Waals surface area contributed by atoms with Crippen molar-refractivity contribution < 1.29 is 0 Å². The summed E-state index contributed by atoms with van der Waals surface area (Å²) in [5.74, 6) is 0. The van der Waals surface area contributed by atoms with Crippen LogP contribution in [0.4, 0.5) is 0 Å². The van der Waals surface area contributed by atoms with Gasteiger partial charge in [0.25, 0.3) is 0 Å². The van der Waals surface area contributed by atoms with Gasteiger partial charge in [0.15, 0.2) is 0 Å². The Morgan fingerprint density at radius 3 is 3.33 bits per heavy atom. The SMILES string of the molecule is [c]1cnc2c[nH]cc2c1. The van der Waals surface area contributed by atoms with E-state index in [0.717, 1.165) is 10.9 Å². The summed E-state index contributed by atoms with van der Waals surface area (Å²) in [6.07, 6.45) is 5.43. The van der Waals surface area contributed by atoms with Gasteiger partial charge in [0.1, 0.15) is 0 Å². The molecule has 2 aromatic heterocycles. The molecular weight excluding hydrogens is 112 g/mol. The van der Waals surface area contributed by atoms with Gasteiger partial charge in [-0.2, -0.15) is 0 Å². The van der Waals surface area contributed by atoms with Crippen LogP contribution >= 0.6 is 0 Å². The molecule has 2 aromatic rings. The normalized spacial score (nSPS) is 10.2. The number of H-pyrrole nitrogens is 1. The Labute approximate surface area is 52.5 Å². The van der Waals surface area contributed by atoms with Gasteiger partial charge >= 0.3 is 0 Å². The van der Waals surface area contributed by atoms with E-state index in [0.29, 0.717) is 0 Å². The first kappa shape index (κ1) is 4.56. The summed E-state index contributed by atoms with van der Waals surface area (Å²) in [6, 6.07) is 4.79. The van der Waals surface area contributed by atoms with Crippen molar-refractivity contribution in [2.75, 3.05) is 0 Å². The van der Waals surface area contributed by atoms with Gasteiger partial charge < -0.3 is 4.98 Å². The highest BCUT2D eigenvalue weighted by molar-refractivity contribution is 5.76. The van der Waals surface area contributed by atoms with E-state index in [2.05, 4.69) is 16.0 Å². The molecule has 0 spiro atoms. The monoisotopic (exact) mass is 117 g/mol. The van der Waals surface area contributed by atoms with Gasteiger partial charge in [0, 0.05) is 30.0 Å². The zero-order chi connectivity index (χ0) is 6.10. The Kier molecular flexibility index (Phi) is 0.803. The Morgan fingerprint density at radius 1 is 1.44 bits per heavy atom. The van der Waals surface area contributed by atoms with E-state index in [9.17, 15) is 0 Å². The lowest BCUT2D eigenvalue weighted by Crippen LogP contribution is -1.67. The number of rotatable bonds is 0. The van der Waals surface area contributed by atoms with Crippen LogP contribution < -0.4 is 0 Å². The van der Waals surface area contributed by atoms with Crippen molar-refractivity contribution in [3.8, 4) is 0 Å². The van der Waals surface area contributed by atoms with Gasteiger partial charge in [-0.3, -0.25) is 4.98 Å². The highest BCUT2D eigenvalue weighted by Crippen LogP contribution is 2.06. The van der Waals surface area contributed by atoms with E-state index in [1.807, 2.05) is 18.5 Å². The Hall–Kier alpha value is -1.31. The first-order valence-corrected chi connectivity index (χ1v) is 2.75. The molecule has 0 aliphatic carbocycles. The van der Waals surface area contributed by atoms with E-state index in [1.54, 1.807) is 6.20 Å². The number of nitrogens with zero attached hydrogens (tertiary/aromatic N) is 1. The number of aromatic amines is 1. The van der Waals surface area contributed by atoms with Crippen molar-refractivity contribution in [2.24, 2.45) is 0 Å². The molecule has 0 unspecified atom stereocenters. The molecule has 0 aromatic carbocycles. The summed E-state index contributed by atoms with van der Waals surface area (Å²) >= 11 is 0. The van der Waals surface area contributed by atoms with Crippen LogP contribution in [0.2, 0.25) is 0 Å². The van der Waals surface area contributed by atoms with E-state index in [-0.39, 0.29) is 0 Å². The third-order valence-corrected chi connectivity index (χ3v) is 1.27. The highest BCUT2D eigenvalue weighted by atomic mass is 14.7. The van der Waals surface area contributed by atoms with E-state index in [4.69, 9.17) is 0 Å². The van der Waals surface area contributed by atoms with Crippen LogP contribution in [0.15, 0.2) is 24.7 Å². The first-order valence-electron chi connectivity index (χ1n) is 2.75. The molecular formula is C7H5N2. The number of pyridine rings is 1. The van der Waals surface area contributed by atoms with Crippen molar-refractivity contribution in [2.45, 2.75) is 0 Å². The summed E-state index contributed by atoms with van der Waals surface area (Å²) in [6.45, 7) is 0. The van der Waals surface area contributed by atoms with Gasteiger partial charge in [-0.1, -0.05) is 0 Å². The quantitative estimate of drug-likeness (QED) is 0.554. The van der Waals surface area contributed by atoms with Crippen molar-refractivity contribution in [3.63, 3.8) is 0 Å². The number of nitrogens with one attached hydrogen (secondary N) is 1. The minimum Gasteiger partial charge on any atom is -0.365 e. The fourth-order valence-electron chi connectivity index (χ4n) is 0.829. The lowest BCUT2D eigenvalue weighted by molar-refractivity contribution is 1.39. The predicted octanol–water partition coefficient (Wildman–Crippen LogP) is 1.36. The zero-order valence-corrected chi connectivity index (χ0v) is 4.76. The molecule has 0 saturated carbocycles. The molecule has 9 heavy (non-hydrogen) atoms. The van der Waals surface area contributed by atoms with Crippen LogP contribution in [0.25, 0.3) is 10.9 Å². The van der Waals surface area contributed by atoms with Crippen LogP contribution in [0.5, 0.6) is 0 Å². The standard InChI is InChI=1S/C7H5N2/c1-2-6-4-8-5-7(6)9-3-1/h2-5,8H. The smallest absolute Gasteiger partial charge is 0.0876 e. The highest BCUT2D eigenvalue weighted by Gasteiger charge is 1.88. The number of fused-ring (bicyclic) bond motifs is 1. The Morgan fingerprint density at radius 2 is 2.44 bits per heavy atom. The molecule has 0 aliphatic rings. The van der Waals surface area contributed by atoms with E-state index >= 15 is 0 Å². The van der Waals surface area contributed by atoms with Crippen molar-refractivity contribution in [1.82, 2.24) is 9.97 Å². The first-order chi connectivity index (χ1) is 4.47. The second-order valence-electron chi connectivity index (χ2n) is 1.87. The minimum absolute atomic E-state index is 0.994. The third kappa shape index (κ3) is 0.598. The summed E-state index contributed by atoms with van der Waals surface area (Å²) < 4.78 is 0. The van der Waals surface area contributed by atoms with Crippen LogP contribution in [-0.4, -0.2) is 9.97 Å². The van der Waals surface area contributed by atoms with Gasteiger partial charge in [-0.05, 0) is 6.07 Å². The largest absolute Gasteiger partial charge is 0.365 e. The molecule has 2 heteroatoms. The summed E-state index contributed by atoms with van der Waals surface area (Å²) in [5.41, 5.74) is 0.994. The number of hydrogen-bond donors (Lipinski definition) is 1. The molecule has 1 radical (unpaired) electrons. The maximum absolute atomic E-state index is 4.05. The van der Waals surface area contributed by atoms with Crippen LogP contribution in [0, 0.1) is 6.07 Å². The van der Waals surface area contributed by atoms with Crippen molar-refractivity contribution in [1.29, 1.82) is 0 Å². The fourth-order valence-corrected chi connectivity index (χ4v) is 0.829. The van der Waals surface area contributed by atoms with Crippen molar-refractivity contribution in [3.05, 3.63) is 30.7 Å². The predicted molar refractivity (Wildman–Crippen MR) is 34.9 cm³/mol. The second kappa shape index (κ2) is 1.58. The molecule has 2 nitrogen and oxygen atoms in total. The molecule has 0 bridgehead atoms. The van der Waals surface area contributed by atoms with E-state index in [1.165, 1.54) is 0 Å². The lowest BCUT2D eigenvalue weighted by atomic mass is 10.3. The molecule has 1 N–H and O–H groups in total. The average Bonchev–Trinajstić information content (AvgIpc) is 2.33. The maximum atomic E-state index is 4.05. The molecule has 0 amide bonds. The Bertz CT molecular complexity index is 281. The molecule has 43 valence electrons. The molecule has 0 aliphatic heterocycles. The average molecular weight is 117 g/mol. The molecule has 0 atom stereocenters. The van der Waals surface area contributed by atoms with Crippen LogP contribution in [0.3, 0.4) is 0 Å². The van der Waals surface area contributed by atoms with E-state index < -0.39 is 0 Å². The number of aromatic nitrogens is 2. The summed E-state index contributed by atoms with van der Waals surface area (Å²) in [5, 5.41) is 1.11. The molecule has 2 rings (SSSR count). The third-order valence-electron chi connectivity index (χ3n) is 1.27. The van der Waals surface area contributed by atoms with Gasteiger partial charge in [-0.15, -0.1) is 0 Å². The minimum atomic E-state index is 0.994. The maximum Gasteiger partial charge on any atom is 0.0876 e.